The van der Waals surface area contributed by atoms with Crippen molar-refractivity contribution in [2.45, 2.75) is 46.5 Å². The summed E-state index contributed by atoms with van der Waals surface area (Å²) in [5, 5.41) is 0. The molecule has 0 aromatic carbocycles. The van der Waals surface area contributed by atoms with E-state index in [1.54, 1.807) is 0 Å². The van der Waals surface area contributed by atoms with Crippen molar-refractivity contribution in [2.75, 3.05) is 26.2 Å². The Kier molecular flexibility index (Phi) is 9.42. The van der Waals surface area contributed by atoms with Gasteiger partial charge < -0.3 is 10.6 Å². The van der Waals surface area contributed by atoms with Gasteiger partial charge in [-0.1, -0.05) is 40.0 Å². The van der Waals surface area contributed by atoms with Crippen molar-refractivity contribution >= 4 is 0 Å². The normalized spacial score (nSPS) is 13.5. The van der Waals surface area contributed by atoms with Crippen LogP contribution in [0.1, 0.15) is 46.5 Å². The number of nitrogens with zero attached hydrogens (tertiary/aromatic N) is 1. The van der Waals surface area contributed by atoms with Gasteiger partial charge in [-0.2, -0.15) is 0 Å². The van der Waals surface area contributed by atoms with Crippen LogP contribution in [0.2, 0.25) is 0 Å². The first-order valence-corrected chi connectivity index (χ1v) is 6.20. The van der Waals surface area contributed by atoms with E-state index in [-0.39, 0.29) is 0 Å². The highest BCUT2D eigenvalue weighted by atomic mass is 15.1. The number of hydrogen-bond acceptors (Lipinski definition) is 2. The van der Waals surface area contributed by atoms with E-state index in [4.69, 9.17) is 5.73 Å². The Bertz CT molecular complexity index is 115. The zero-order valence-corrected chi connectivity index (χ0v) is 10.3. The van der Waals surface area contributed by atoms with Gasteiger partial charge in [0.1, 0.15) is 0 Å². The van der Waals surface area contributed by atoms with Gasteiger partial charge in [-0.15, -0.1) is 0 Å². The van der Waals surface area contributed by atoms with E-state index in [0.29, 0.717) is 0 Å². The molecule has 0 bridgehead atoms. The molecule has 0 saturated carbocycles. The monoisotopic (exact) mass is 200 g/mol. The molecule has 0 fully saturated rings. The number of rotatable bonds is 9. The molecule has 0 heterocycles. The van der Waals surface area contributed by atoms with E-state index in [0.717, 1.165) is 25.6 Å². The van der Waals surface area contributed by atoms with E-state index in [9.17, 15) is 0 Å². The Labute approximate surface area is 89.9 Å². The number of likely N-dealkylation sites (N-methyl/N-ethyl adjacent to an activating group) is 1. The summed E-state index contributed by atoms with van der Waals surface area (Å²) >= 11 is 0. The van der Waals surface area contributed by atoms with Gasteiger partial charge in [0.2, 0.25) is 0 Å². The lowest BCUT2D eigenvalue weighted by molar-refractivity contribution is 0.233. The minimum absolute atomic E-state index is 0.790. The fourth-order valence-corrected chi connectivity index (χ4v) is 1.84. The minimum Gasteiger partial charge on any atom is -0.329 e. The lowest BCUT2D eigenvalue weighted by Gasteiger charge is -2.25. The molecule has 1 atom stereocenters. The first-order valence-electron chi connectivity index (χ1n) is 6.20. The van der Waals surface area contributed by atoms with Gasteiger partial charge in [0, 0.05) is 19.6 Å². The number of hydrogen-bond donors (Lipinski definition) is 1. The molecule has 0 radical (unpaired) electrons. The SMILES string of the molecule is CCCCC(CC)CN(CC)CCN. The predicted molar refractivity (Wildman–Crippen MR) is 64.5 cm³/mol. The average molecular weight is 200 g/mol. The summed E-state index contributed by atoms with van der Waals surface area (Å²) in [6, 6.07) is 0. The first kappa shape index (κ1) is 13.9. The second kappa shape index (κ2) is 9.47. The van der Waals surface area contributed by atoms with E-state index in [2.05, 4.69) is 25.7 Å². The van der Waals surface area contributed by atoms with Crippen LogP contribution in [0.4, 0.5) is 0 Å². The molecule has 0 aliphatic rings. The zero-order chi connectivity index (χ0) is 10.8. The van der Waals surface area contributed by atoms with Crippen LogP contribution in [0.3, 0.4) is 0 Å². The quantitative estimate of drug-likeness (QED) is 0.619. The standard InChI is InChI=1S/C12H28N2/c1-4-7-8-12(5-2)11-14(6-3)10-9-13/h12H,4-11,13H2,1-3H3. The first-order chi connectivity index (χ1) is 6.78. The van der Waals surface area contributed by atoms with Crippen LogP contribution in [0.5, 0.6) is 0 Å². The number of unbranched alkanes of at least 4 members (excludes halogenated alkanes) is 1. The molecular weight excluding hydrogens is 172 g/mol. The fourth-order valence-electron chi connectivity index (χ4n) is 1.84. The van der Waals surface area contributed by atoms with Crippen molar-refractivity contribution < 1.29 is 0 Å². The van der Waals surface area contributed by atoms with Crippen molar-refractivity contribution in [1.29, 1.82) is 0 Å². The molecule has 1 unspecified atom stereocenters. The van der Waals surface area contributed by atoms with E-state index < -0.39 is 0 Å². The van der Waals surface area contributed by atoms with Crippen LogP contribution in [0.25, 0.3) is 0 Å². The van der Waals surface area contributed by atoms with Crippen LogP contribution in [-0.2, 0) is 0 Å². The maximum absolute atomic E-state index is 5.58. The molecule has 14 heavy (non-hydrogen) atoms. The molecule has 2 nitrogen and oxygen atoms in total. The van der Waals surface area contributed by atoms with Gasteiger partial charge in [0.05, 0.1) is 0 Å². The van der Waals surface area contributed by atoms with Crippen LogP contribution in [0.15, 0.2) is 0 Å². The Hall–Kier alpha value is -0.0800. The molecule has 0 aliphatic carbocycles. The van der Waals surface area contributed by atoms with Crippen molar-refractivity contribution in [3.8, 4) is 0 Å². The third-order valence-electron chi connectivity index (χ3n) is 2.95. The van der Waals surface area contributed by atoms with Crippen LogP contribution < -0.4 is 5.73 Å². The molecule has 2 heteroatoms. The van der Waals surface area contributed by atoms with Crippen molar-refractivity contribution in [3.05, 3.63) is 0 Å². The van der Waals surface area contributed by atoms with E-state index >= 15 is 0 Å². The van der Waals surface area contributed by atoms with Gasteiger partial charge in [-0.3, -0.25) is 0 Å². The van der Waals surface area contributed by atoms with Crippen molar-refractivity contribution in [3.63, 3.8) is 0 Å². The second-order valence-electron chi connectivity index (χ2n) is 4.10. The third kappa shape index (κ3) is 6.39. The zero-order valence-electron chi connectivity index (χ0n) is 10.3. The van der Waals surface area contributed by atoms with Crippen molar-refractivity contribution in [1.82, 2.24) is 4.90 Å². The van der Waals surface area contributed by atoms with Crippen LogP contribution >= 0.6 is 0 Å². The van der Waals surface area contributed by atoms with Gasteiger partial charge in [-0.25, -0.2) is 0 Å². The molecule has 86 valence electrons. The summed E-state index contributed by atoms with van der Waals surface area (Å²) in [5.74, 6) is 0.876. The highest BCUT2D eigenvalue weighted by Crippen LogP contribution is 2.13. The fraction of sp³-hybridized carbons (Fsp3) is 1.00. The van der Waals surface area contributed by atoms with E-state index in [1.165, 1.54) is 32.2 Å². The van der Waals surface area contributed by atoms with Crippen LogP contribution in [0, 0.1) is 5.92 Å². The highest BCUT2D eigenvalue weighted by molar-refractivity contribution is 4.64. The topological polar surface area (TPSA) is 29.3 Å². The summed E-state index contributed by atoms with van der Waals surface area (Å²) in [6.07, 6.45) is 5.38. The average Bonchev–Trinajstić information content (AvgIpc) is 2.22. The highest BCUT2D eigenvalue weighted by Gasteiger charge is 2.10. The Morgan fingerprint density at radius 2 is 1.93 bits per heavy atom. The Morgan fingerprint density at radius 1 is 1.21 bits per heavy atom. The molecule has 0 saturated heterocycles. The number of nitrogens with two attached hydrogens (primary N) is 1. The molecule has 2 N–H and O–H groups in total. The molecule has 0 spiro atoms. The Morgan fingerprint density at radius 3 is 2.36 bits per heavy atom. The Balaban J connectivity index is 3.75. The van der Waals surface area contributed by atoms with Gasteiger partial charge in [0.15, 0.2) is 0 Å². The largest absolute Gasteiger partial charge is 0.329 e. The molecule has 0 aromatic rings. The maximum atomic E-state index is 5.58. The summed E-state index contributed by atoms with van der Waals surface area (Å²) in [6.45, 7) is 11.0. The van der Waals surface area contributed by atoms with E-state index in [1.807, 2.05) is 0 Å². The minimum atomic E-state index is 0.790. The molecule has 0 rings (SSSR count). The lowest BCUT2D eigenvalue weighted by Crippen LogP contribution is -2.33. The summed E-state index contributed by atoms with van der Waals surface area (Å²) in [5.41, 5.74) is 5.58. The van der Waals surface area contributed by atoms with Gasteiger partial charge >= 0.3 is 0 Å². The lowest BCUT2D eigenvalue weighted by atomic mass is 9.99. The summed E-state index contributed by atoms with van der Waals surface area (Å²) < 4.78 is 0. The van der Waals surface area contributed by atoms with Crippen molar-refractivity contribution in [2.24, 2.45) is 11.7 Å². The van der Waals surface area contributed by atoms with Gasteiger partial charge in [-0.05, 0) is 18.9 Å². The third-order valence-corrected chi connectivity index (χ3v) is 2.95. The molecular formula is C12H28N2. The van der Waals surface area contributed by atoms with Gasteiger partial charge in [0.25, 0.3) is 0 Å². The molecule has 0 aromatic heterocycles. The summed E-state index contributed by atoms with van der Waals surface area (Å²) in [4.78, 5) is 2.48. The smallest absolute Gasteiger partial charge is 0.0105 e. The maximum Gasteiger partial charge on any atom is 0.0105 e. The molecule has 0 amide bonds. The predicted octanol–water partition coefficient (Wildman–Crippen LogP) is 2.48. The van der Waals surface area contributed by atoms with Crippen LogP contribution in [-0.4, -0.2) is 31.1 Å². The summed E-state index contributed by atoms with van der Waals surface area (Å²) in [7, 11) is 0. The molecule has 0 aliphatic heterocycles. The second-order valence-corrected chi connectivity index (χ2v) is 4.10.